The molecule has 7 aromatic heterocycles. The van der Waals surface area contributed by atoms with E-state index in [1.165, 1.54) is 24.3 Å². The lowest BCUT2D eigenvalue weighted by Gasteiger charge is -2.21. The first-order valence-electron chi connectivity index (χ1n) is 42.3. The van der Waals surface area contributed by atoms with Crippen molar-refractivity contribution >= 4 is 104 Å². The summed E-state index contributed by atoms with van der Waals surface area (Å²) in [6, 6.07) is 59.1. The molecule has 7 heterocycles. The van der Waals surface area contributed by atoms with Gasteiger partial charge in [0.05, 0.1) is 11.3 Å². The van der Waals surface area contributed by atoms with E-state index in [9.17, 15) is 61.9 Å². The molecule has 0 saturated carbocycles. The van der Waals surface area contributed by atoms with Crippen LogP contribution in [0.3, 0.4) is 0 Å². The van der Waals surface area contributed by atoms with Gasteiger partial charge in [0.1, 0.15) is 109 Å². The number of pyridine rings is 1. The van der Waals surface area contributed by atoms with E-state index in [0.29, 0.717) is 184 Å². The highest BCUT2D eigenvalue weighted by Crippen LogP contribution is 2.42. The molecule has 0 bridgehead atoms. The number of hydrogen-bond donors (Lipinski definition) is 3. The lowest BCUT2D eigenvalue weighted by molar-refractivity contribution is 0.0809. The predicted molar refractivity (Wildman–Crippen MR) is 493 cm³/mol. The SMILES string of the molecule is CC(C)(C)c1nc2c(n1Cc1ccccc1)C(=O)C(=O)c1cccnc1-2.CCc1nc2c([nH]1)C(=O)C(=O)c1cc(CCc3ccc(F)cc3)ccc1-2.CCc1nc2c([nH]1)C(=O)C(=O)c1cc(Cl)ccc1-2.CCc1nc2c([nH]1)C(=O)C(=O)c1ccccc1-2.CCc1nc2c(n1C)-c1ccc(Cl)cc1C(=O)C2=O.CCc1nc2c(n1C)C(=O)C(=O)c1cc(Cl)ccc1-2.c1ccccc1. The van der Waals surface area contributed by atoms with E-state index in [2.05, 4.69) is 44.9 Å². The van der Waals surface area contributed by atoms with Crippen LogP contribution in [-0.4, -0.2) is 133 Å². The van der Waals surface area contributed by atoms with E-state index in [4.69, 9.17) is 39.8 Å². The van der Waals surface area contributed by atoms with Gasteiger partial charge in [0, 0.05) is 135 Å². The van der Waals surface area contributed by atoms with Crippen LogP contribution >= 0.6 is 34.8 Å². The zero-order valence-electron chi connectivity index (χ0n) is 72.7. The monoisotopic (exact) mass is 1810 g/mol. The first-order chi connectivity index (χ1) is 62.9. The molecule has 0 unspecified atom stereocenters. The molecule has 29 heteroatoms. The summed E-state index contributed by atoms with van der Waals surface area (Å²) < 4.78 is 18.4. The molecule has 25 nitrogen and oxygen atoms in total. The Bertz CT molecular complexity index is 7220. The van der Waals surface area contributed by atoms with E-state index in [0.717, 1.165) is 57.5 Å². The zero-order valence-corrected chi connectivity index (χ0v) is 74.9. The van der Waals surface area contributed by atoms with Crippen molar-refractivity contribution < 1.29 is 61.9 Å². The lowest BCUT2D eigenvalue weighted by Crippen LogP contribution is -2.26. The van der Waals surface area contributed by atoms with Crippen LogP contribution in [0, 0.1) is 5.82 Å². The maximum atomic E-state index is 13.0. The molecule has 0 fully saturated rings. The Labute approximate surface area is 765 Å². The minimum absolute atomic E-state index is 0.249. The molecule has 0 spiro atoms. The number of aromatic amines is 3. The third-order valence-electron chi connectivity index (χ3n) is 22.7. The van der Waals surface area contributed by atoms with Gasteiger partial charge < -0.3 is 28.7 Å². The van der Waals surface area contributed by atoms with E-state index in [1.807, 2.05) is 163 Å². The number of ketones is 12. The van der Waals surface area contributed by atoms with Gasteiger partial charge in [-0.25, -0.2) is 34.3 Å². The molecule has 3 N–H and O–H groups in total. The standard InChI is InChI=1S/C21H17FN2O2.C21H19N3O2.2C14H11ClN2O2.C13H9ClN2O2.C13H10N2O2.C6H6/c1-2-17-23-18-15-10-7-13(4-3-12-5-8-14(22)9-6-12)11-16(15)20(25)21(26)19(18)24-17;1-21(2,3)20-23-16-15-14(10-7-11-22-15)18(25)19(26)17(16)24(20)12-13-8-5-4-6-9-13;1-3-10-16-11-12(17(10)2)8-5-4-7(15)6-9(8)13(18)14(11)19;1-3-10-16-11-8-5-4-7(15)6-9(8)13(18)14(19)12(11)17(10)2;1-2-9-15-10-7-4-3-6(14)5-8(7)12(17)13(18)11(10)16-9;1-2-9-14-10-7-5-3-4-6-8(7)12(16)13(17)11(10)15-9;1-2-4-6-5-3-1/h5-11H,2-4H2,1H3,(H,23,24);4-11H,12H2,1-3H3;2*4-6H,3H2,1-2H3;3-5H,2H2,1H3,(H,15,16);3-6H,2H2,1H3,(H,14,15);1-6H. The summed E-state index contributed by atoms with van der Waals surface area (Å²) in [5, 5.41) is 1.32. The summed E-state index contributed by atoms with van der Waals surface area (Å²) in [4.78, 5) is 186. The fourth-order valence-electron chi connectivity index (χ4n) is 16.1. The second-order valence-electron chi connectivity index (χ2n) is 32.1. The number of hydrogen-bond acceptors (Lipinski definition) is 19. The van der Waals surface area contributed by atoms with Crippen molar-refractivity contribution in [3.8, 4) is 67.7 Å². The average Bonchev–Trinajstić information content (AvgIpc) is 1.60. The van der Waals surface area contributed by atoms with Gasteiger partial charge in [-0.1, -0.05) is 224 Å². The van der Waals surface area contributed by atoms with E-state index < -0.39 is 69.4 Å². The van der Waals surface area contributed by atoms with Crippen LogP contribution in [0.1, 0.15) is 232 Å². The van der Waals surface area contributed by atoms with E-state index in [1.54, 1.807) is 103 Å². The Hall–Kier alpha value is -15.0. The Morgan fingerprint density at radius 2 is 0.695 bits per heavy atom. The normalized spacial score (nSPS) is 13.1. The molecule has 656 valence electrons. The van der Waals surface area contributed by atoms with Gasteiger partial charge in [-0.15, -0.1) is 0 Å². The minimum Gasteiger partial charge on any atom is -0.339 e. The molecule has 21 rings (SSSR count). The van der Waals surface area contributed by atoms with Crippen LogP contribution in [0.2, 0.25) is 15.1 Å². The number of halogens is 4. The van der Waals surface area contributed by atoms with Crippen molar-refractivity contribution in [1.29, 1.82) is 0 Å². The maximum absolute atomic E-state index is 13.0. The van der Waals surface area contributed by atoms with Crippen molar-refractivity contribution in [3.63, 3.8) is 0 Å². The summed E-state index contributed by atoms with van der Waals surface area (Å²) in [7, 11) is 3.61. The number of imidazole rings is 6. The quantitative estimate of drug-likeness (QED) is 0.107. The van der Waals surface area contributed by atoms with Crippen molar-refractivity contribution in [1.82, 2.24) is 63.5 Å². The first kappa shape index (κ1) is 90.8. The number of nitrogens with zero attached hydrogens (tertiary/aromatic N) is 10. The van der Waals surface area contributed by atoms with Gasteiger partial charge in [-0.3, -0.25) is 62.5 Å². The van der Waals surface area contributed by atoms with Gasteiger partial charge in [0.15, 0.2) is 0 Å². The van der Waals surface area contributed by atoms with Gasteiger partial charge >= 0.3 is 0 Å². The second kappa shape index (κ2) is 37.7. The molecule has 0 radical (unpaired) electrons. The van der Waals surface area contributed by atoms with Crippen LogP contribution < -0.4 is 0 Å². The summed E-state index contributed by atoms with van der Waals surface area (Å²) in [6.45, 7) is 16.4. The Morgan fingerprint density at radius 1 is 0.313 bits per heavy atom. The van der Waals surface area contributed by atoms with Gasteiger partial charge in [-0.2, -0.15) is 0 Å². The van der Waals surface area contributed by atoms with Crippen molar-refractivity contribution in [2.75, 3.05) is 0 Å². The molecular weight excluding hydrogens is 1720 g/mol. The molecule has 0 aliphatic heterocycles. The first-order valence-corrected chi connectivity index (χ1v) is 43.4. The molecule has 131 heavy (non-hydrogen) atoms. The van der Waals surface area contributed by atoms with E-state index in [-0.39, 0.29) is 22.6 Å². The van der Waals surface area contributed by atoms with Gasteiger partial charge in [0.25, 0.3) is 34.7 Å². The third-order valence-corrected chi connectivity index (χ3v) is 23.4. The summed E-state index contributed by atoms with van der Waals surface area (Å²) in [6.07, 6.45) is 6.51. The van der Waals surface area contributed by atoms with Crippen molar-refractivity contribution in [2.45, 2.75) is 112 Å². The Balaban J connectivity index is 0.000000120. The number of carbonyl (C=O) groups excluding carboxylic acids is 12. The van der Waals surface area contributed by atoms with Gasteiger partial charge in [-0.05, 0) is 96.3 Å². The lowest BCUT2D eigenvalue weighted by atomic mass is 9.88. The third kappa shape index (κ3) is 17.7. The average molecular weight is 1810 g/mol. The van der Waals surface area contributed by atoms with Crippen LogP contribution in [0.15, 0.2) is 206 Å². The zero-order chi connectivity index (χ0) is 93.3. The molecule has 6 aliphatic rings. The van der Waals surface area contributed by atoms with Crippen LogP contribution in [0.25, 0.3) is 67.7 Å². The topological polar surface area (TPSA) is 357 Å². The highest BCUT2D eigenvalue weighted by atomic mass is 35.5. The molecule has 6 aliphatic carbocycles. The Morgan fingerprint density at radius 3 is 1.20 bits per heavy atom. The highest BCUT2D eigenvalue weighted by molar-refractivity contribution is 6.56. The van der Waals surface area contributed by atoms with Crippen molar-refractivity contribution in [3.05, 3.63) is 346 Å². The second-order valence-corrected chi connectivity index (χ2v) is 33.4. The van der Waals surface area contributed by atoms with Crippen molar-refractivity contribution in [2.24, 2.45) is 14.1 Å². The summed E-state index contributed by atoms with van der Waals surface area (Å²) in [5.41, 5.74) is 14.3. The predicted octanol–water partition coefficient (Wildman–Crippen LogP) is 19.4. The smallest absolute Gasteiger partial charge is 0.254 e. The molecule has 0 atom stereocenters. The highest BCUT2D eigenvalue weighted by Gasteiger charge is 2.42. The van der Waals surface area contributed by atoms with Crippen LogP contribution in [-0.2, 0) is 71.0 Å². The number of fused-ring (bicyclic) bond motifs is 18. The number of H-pyrrole nitrogens is 3. The fraction of sp³-hybridized carbons (Fsp3) is 0.186. The fourth-order valence-corrected chi connectivity index (χ4v) is 16.6. The molecule has 8 aromatic carbocycles. The van der Waals surface area contributed by atoms with Crippen LogP contribution in [0.5, 0.6) is 0 Å². The number of Topliss-reactive ketones (excluding diaryl/α,β-unsaturated/α-hetero) is 12. The van der Waals surface area contributed by atoms with E-state index >= 15 is 0 Å². The summed E-state index contributed by atoms with van der Waals surface area (Å²) in [5.74, 6) is -2.01. The number of rotatable bonds is 10. The molecule has 0 amide bonds. The number of nitrogens with one attached hydrogen (secondary N) is 3. The molecular formula is C102H83Cl3FN13O12. The minimum atomic E-state index is -0.555. The number of aromatic nitrogens is 13. The number of aryl methyl sites for hydroxylation is 7. The maximum Gasteiger partial charge on any atom is 0.254 e. The Kier molecular flexibility index (Phi) is 26.2. The number of carbonyl (C=O) groups is 12. The summed E-state index contributed by atoms with van der Waals surface area (Å²) >= 11 is 17.7. The molecule has 0 saturated heterocycles. The molecule has 15 aromatic rings. The van der Waals surface area contributed by atoms with Crippen LogP contribution in [0.4, 0.5) is 4.39 Å². The van der Waals surface area contributed by atoms with Gasteiger partial charge in [0.2, 0.25) is 34.7 Å². The largest absolute Gasteiger partial charge is 0.339 e. The number of benzene rings is 8.